The van der Waals surface area contributed by atoms with Gasteiger partial charge in [-0.25, -0.2) is 0 Å². The van der Waals surface area contributed by atoms with Crippen molar-refractivity contribution in [3.63, 3.8) is 0 Å². The molecule has 3 rings (SSSR count). The number of fused-ring (bicyclic) bond motifs is 3. The van der Waals surface area contributed by atoms with Gasteiger partial charge in [-0.1, -0.05) is 0 Å². The van der Waals surface area contributed by atoms with Gasteiger partial charge in [0, 0.05) is 11.6 Å². The number of hydrogen-bond donors (Lipinski definition) is 1. The quantitative estimate of drug-likeness (QED) is 0.915. The average molecular weight is 257 g/mol. The lowest BCUT2D eigenvalue weighted by molar-refractivity contribution is 0.414. The van der Waals surface area contributed by atoms with Crippen LogP contribution in [0.3, 0.4) is 0 Å². The number of aryl methyl sites for hydroxylation is 2. The summed E-state index contributed by atoms with van der Waals surface area (Å²) in [5.41, 5.74) is 11.0. The molecule has 1 unspecified atom stereocenters. The number of methoxy groups -OCH3 is 1. The van der Waals surface area contributed by atoms with Gasteiger partial charge in [-0.15, -0.1) is 0 Å². The van der Waals surface area contributed by atoms with Gasteiger partial charge in [0.05, 0.1) is 25.5 Å². The number of nitrogens with zero attached hydrogens (tertiary/aromatic N) is 2. The van der Waals surface area contributed by atoms with Crippen LogP contribution in [0.2, 0.25) is 0 Å². The van der Waals surface area contributed by atoms with Gasteiger partial charge in [0.2, 0.25) is 0 Å². The third kappa shape index (κ3) is 2.12. The average Bonchev–Trinajstić information content (AvgIpc) is 2.80. The van der Waals surface area contributed by atoms with Crippen LogP contribution in [0.15, 0.2) is 24.4 Å². The Hall–Kier alpha value is -1.81. The summed E-state index contributed by atoms with van der Waals surface area (Å²) in [5, 5.41) is 4.48. The lowest BCUT2D eigenvalue weighted by Crippen LogP contribution is -2.23. The lowest BCUT2D eigenvalue weighted by Gasteiger charge is -2.20. The molecule has 1 aliphatic carbocycles. The highest BCUT2D eigenvalue weighted by molar-refractivity contribution is 5.70. The van der Waals surface area contributed by atoms with Gasteiger partial charge in [-0.3, -0.25) is 4.68 Å². The second-order valence-electron chi connectivity index (χ2n) is 5.20. The summed E-state index contributed by atoms with van der Waals surface area (Å²) in [6.07, 6.45) is 4.06. The first-order valence-electron chi connectivity index (χ1n) is 6.66. The monoisotopic (exact) mass is 257 g/mol. The van der Waals surface area contributed by atoms with Gasteiger partial charge in [-0.05, 0) is 49.1 Å². The highest BCUT2D eigenvalue weighted by atomic mass is 16.5. The van der Waals surface area contributed by atoms with Gasteiger partial charge in [0.1, 0.15) is 5.75 Å². The Bertz CT molecular complexity index is 601. The second-order valence-corrected chi connectivity index (χ2v) is 5.20. The van der Waals surface area contributed by atoms with E-state index in [0.717, 1.165) is 25.1 Å². The van der Waals surface area contributed by atoms with E-state index in [1.165, 1.54) is 22.4 Å². The first-order valence-corrected chi connectivity index (χ1v) is 6.66. The van der Waals surface area contributed by atoms with Crippen LogP contribution in [0.1, 0.15) is 18.1 Å². The molecule has 0 fully saturated rings. The van der Waals surface area contributed by atoms with Crippen LogP contribution < -0.4 is 10.5 Å². The van der Waals surface area contributed by atoms with E-state index < -0.39 is 0 Å². The lowest BCUT2D eigenvalue weighted by atomic mass is 9.90. The van der Waals surface area contributed by atoms with E-state index in [1.807, 2.05) is 23.9 Å². The molecule has 0 saturated carbocycles. The minimum Gasteiger partial charge on any atom is -0.497 e. The van der Waals surface area contributed by atoms with Crippen LogP contribution in [0, 0.1) is 0 Å². The Morgan fingerprint density at radius 2 is 2.16 bits per heavy atom. The summed E-state index contributed by atoms with van der Waals surface area (Å²) in [7, 11) is 1.70. The van der Waals surface area contributed by atoms with Gasteiger partial charge < -0.3 is 10.5 Å². The Balaban J connectivity index is 2.09. The van der Waals surface area contributed by atoms with Crippen molar-refractivity contribution in [1.82, 2.24) is 9.78 Å². The molecule has 0 radical (unpaired) electrons. The number of nitrogens with two attached hydrogens (primary N) is 1. The number of hydrogen-bond acceptors (Lipinski definition) is 3. The maximum absolute atomic E-state index is 5.90. The molecule has 4 nitrogen and oxygen atoms in total. The van der Waals surface area contributed by atoms with Crippen molar-refractivity contribution in [3.05, 3.63) is 35.5 Å². The molecule has 0 amide bonds. The zero-order valence-electron chi connectivity index (χ0n) is 11.4. The molecule has 0 spiro atoms. The zero-order valence-corrected chi connectivity index (χ0v) is 11.4. The van der Waals surface area contributed by atoms with Crippen LogP contribution in [-0.4, -0.2) is 22.9 Å². The van der Waals surface area contributed by atoms with Crippen molar-refractivity contribution >= 4 is 0 Å². The van der Waals surface area contributed by atoms with Crippen LogP contribution in [0.4, 0.5) is 0 Å². The van der Waals surface area contributed by atoms with E-state index >= 15 is 0 Å². The fourth-order valence-electron chi connectivity index (χ4n) is 2.73. The maximum Gasteiger partial charge on any atom is 0.119 e. The smallest absolute Gasteiger partial charge is 0.119 e. The van der Waals surface area contributed by atoms with Crippen molar-refractivity contribution in [2.45, 2.75) is 32.4 Å². The minimum atomic E-state index is 0.104. The second kappa shape index (κ2) is 4.70. The molecule has 1 atom stereocenters. The molecule has 0 aliphatic heterocycles. The van der Waals surface area contributed by atoms with Crippen molar-refractivity contribution in [3.8, 4) is 17.0 Å². The highest BCUT2D eigenvalue weighted by Crippen LogP contribution is 2.35. The van der Waals surface area contributed by atoms with E-state index in [1.54, 1.807) is 7.11 Å². The van der Waals surface area contributed by atoms with Crippen LogP contribution in [0.5, 0.6) is 5.75 Å². The molecule has 4 heteroatoms. The third-order valence-electron chi connectivity index (χ3n) is 3.61. The number of rotatable bonds is 3. The number of ether oxygens (including phenoxy) is 1. The fraction of sp³-hybridized carbons (Fsp3) is 0.400. The summed E-state index contributed by atoms with van der Waals surface area (Å²) in [6.45, 7) is 2.76. The van der Waals surface area contributed by atoms with Crippen molar-refractivity contribution in [1.29, 1.82) is 0 Å². The van der Waals surface area contributed by atoms with Crippen LogP contribution >= 0.6 is 0 Å². The third-order valence-corrected chi connectivity index (χ3v) is 3.61. The van der Waals surface area contributed by atoms with Gasteiger partial charge in [0.15, 0.2) is 0 Å². The van der Waals surface area contributed by atoms with Crippen LogP contribution in [-0.2, 0) is 19.4 Å². The molecular formula is C15H19N3O. The van der Waals surface area contributed by atoms with E-state index in [2.05, 4.69) is 17.2 Å². The molecule has 1 aromatic heterocycles. The molecule has 0 bridgehead atoms. The van der Waals surface area contributed by atoms with Crippen molar-refractivity contribution in [2.24, 2.45) is 5.73 Å². The van der Waals surface area contributed by atoms with E-state index in [9.17, 15) is 0 Å². The summed E-state index contributed by atoms with van der Waals surface area (Å²) in [5.74, 6) is 0.917. The first kappa shape index (κ1) is 12.2. The topological polar surface area (TPSA) is 53.1 Å². The molecule has 1 heterocycles. The van der Waals surface area contributed by atoms with Crippen molar-refractivity contribution < 1.29 is 4.74 Å². The standard InChI is InChI=1S/C15H19N3O/c1-10(16)9-18-15-12(8-17-18)4-3-11-7-13(19-2)5-6-14(11)15/h5-8,10H,3-4,9,16H2,1-2H3. The summed E-state index contributed by atoms with van der Waals surface area (Å²) in [4.78, 5) is 0. The summed E-state index contributed by atoms with van der Waals surface area (Å²) >= 11 is 0. The van der Waals surface area contributed by atoms with E-state index in [-0.39, 0.29) is 6.04 Å². The number of aromatic nitrogens is 2. The Morgan fingerprint density at radius 3 is 2.89 bits per heavy atom. The molecule has 1 aliphatic rings. The normalized spacial score (nSPS) is 14.7. The molecule has 1 aromatic carbocycles. The number of benzene rings is 1. The SMILES string of the molecule is COc1ccc2c(c1)CCc1cnn(CC(C)N)c1-2. The molecule has 2 aromatic rings. The molecule has 2 N–H and O–H groups in total. The highest BCUT2D eigenvalue weighted by Gasteiger charge is 2.21. The zero-order chi connectivity index (χ0) is 13.4. The molecule has 19 heavy (non-hydrogen) atoms. The first-order chi connectivity index (χ1) is 9.19. The Kier molecular flexibility index (Phi) is 3.03. The van der Waals surface area contributed by atoms with E-state index in [4.69, 9.17) is 10.5 Å². The predicted molar refractivity (Wildman–Crippen MR) is 75.3 cm³/mol. The summed E-state index contributed by atoms with van der Waals surface area (Å²) < 4.78 is 7.33. The largest absolute Gasteiger partial charge is 0.497 e. The van der Waals surface area contributed by atoms with E-state index in [0.29, 0.717) is 0 Å². The molecular weight excluding hydrogens is 238 g/mol. The fourth-order valence-corrected chi connectivity index (χ4v) is 2.73. The Morgan fingerprint density at radius 1 is 1.37 bits per heavy atom. The minimum absolute atomic E-state index is 0.104. The summed E-state index contributed by atoms with van der Waals surface area (Å²) in [6, 6.07) is 6.37. The maximum atomic E-state index is 5.90. The molecule has 0 saturated heterocycles. The van der Waals surface area contributed by atoms with Gasteiger partial charge in [0.25, 0.3) is 0 Å². The van der Waals surface area contributed by atoms with Crippen molar-refractivity contribution in [2.75, 3.05) is 7.11 Å². The van der Waals surface area contributed by atoms with Gasteiger partial charge >= 0.3 is 0 Å². The van der Waals surface area contributed by atoms with Gasteiger partial charge in [-0.2, -0.15) is 5.10 Å². The molecule has 100 valence electrons. The van der Waals surface area contributed by atoms with Crippen LogP contribution in [0.25, 0.3) is 11.3 Å². The predicted octanol–water partition coefficient (Wildman–Crippen LogP) is 2.00. The Labute approximate surface area is 113 Å².